The van der Waals surface area contributed by atoms with Gasteiger partial charge in [0.15, 0.2) is 0 Å². The lowest BCUT2D eigenvalue weighted by Gasteiger charge is -2.10. The number of para-hydroxylation sites is 2. The van der Waals surface area contributed by atoms with E-state index in [1.807, 2.05) is 45.3 Å². The fourth-order valence-electron chi connectivity index (χ4n) is 7.44. The van der Waals surface area contributed by atoms with Crippen LogP contribution in [-0.4, -0.2) is 4.57 Å². The van der Waals surface area contributed by atoms with Crippen molar-refractivity contribution in [3.05, 3.63) is 113 Å². The van der Waals surface area contributed by atoms with Crippen LogP contribution in [0.3, 0.4) is 0 Å². The molecule has 50 heavy (non-hydrogen) atoms. The van der Waals surface area contributed by atoms with Crippen LogP contribution in [0.5, 0.6) is 0 Å². The Kier molecular flexibility index (Phi) is 10.1. The second-order valence-corrected chi connectivity index (χ2v) is 18.1. The SMILES string of the molecule is CCCCCCc1cc(-c2sc(-c3cc4sc(C)cc4s3)cc2CCCCCC)sc1-c1ccc(-n2c3ccccc3c3ccccc32)cc1. The van der Waals surface area contributed by atoms with Crippen LogP contribution in [0.25, 0.3) is 66.8 Å². The summed E-state index contributed by atoms with van der Waals surface area (Å²) in [5.74, 6) is 0. The van der Waals surface area contributed by atoms with Gasteiger partial charge in [-0.2, -0.15) is 0 Å². The predicted octanol–water partition coefficient (Wildman–Crippen LogP) is 15.7. The molecule has 0 unspecified atom stereocenters. The summed E-state index contributed by atoms with van der Waals surface area (Å²) in [6.07, 6.45) is 12.6. The van der Waals surface area contributed by atoms with E-state index in [0.717, 1.165) is 12.8 Å². The number of rotatable bonds is 14. The van der Waals surface area contributed by atoms with E-state index in [-0.39, 0.29) is 0 Å². The Hall–Kier alpha value is -3.48. The molecule has 0 bridgehead atoms. The van der Waals surface area contributed by atoms with Gasteiger partial charge in [-0.05, 0) is 97.8 Å². The summed E-state index contributed by atoms with van der Waals surface area (Å²) < 4.78 is 5.28. The number of unbranched alkanes of at least 4 members (excludes halogenated alkanes) is 6. The number of thiophene rings is 4. The molecule has 0 aliphatic rings. The van der Waals surface area contributed by atoms with Crippen LogP contribution in [0.4, 0.5) is 0 Å². The molecule has 0 fully saturated rings. The van der Waals surface area contributed by atoms with Gasteiger partial charge in [-0.25, -0.2) is 0 Å². The maximum Gasteiger partial charge on any atom is 0.0541 e. The molecular weight excluding hydrogens is 683 g/mol. The molecule has 0 amide bonds. The van der Waals surface area contributed by atoms with Crippen LogP contribution in [-0.2, 0) is 12.8 Å². The van der Waals surface area contributed by atoms with Crippen molar-refractivity contribution in [1.82, 2.24) is 4.57 Å². The fourth-order valence-corrected chi connectivity index (χ4v) is 12.4. The number of benzene rings is 3. The standard InChI is InChI=1S/C45H45NS4/c1-4-6-8-10-16-32-28-43(45-33(17-11-9-7-5-2)27-40(49-45)42-29-41-39(48-42)26-30(3)47-41)50-44(32)31-22-24-34(25-23-31)46-37-20-14-12-18-35(37)36-19-13-15-21-38(36)46/h12-15,18-29H,4-11,16-17H2,1-3H3. The minimum atomic E-state index is 1.14. The highest BCUT2D eigenvalue weighted by atomic mass is 32.1. The maximum absolute atomic E-state index is 2.56. The van der Waals surface area contributed by atoms with Gasteiger partial charge in [0.2, 0.25) is 0 Å². The normalized spacial score (nSPS) is 11.9. The van der Waals surface area contributed by atoms with Crippen LogP contribution in [0.15, 0.2) is 97.1 Å². The van der Waals surface area contributed by atoms with Crippen molar-refractivity contribution in [1.29, 1.82) is 0 Å². The second-order valence-electron chi connectivity index (χ2n) is 13.7. The van der Waals surface area contributed by atoms with Crippen molar-refractivity contribution in [3.8, 4) is 35.6 Å². The fraction of sp³-hybridized carbons (Fsp3) is 0.289. The molecule has 0 saturated heterocycles. The zero-order valence-corrected chi connectivity index (χ0v) is 32.7. The van der Waals surface area contributed by atoms with Gasteiger partial charge in [-0.1, -0.05) is 101 Å². The van der Waals surface area contributed by atoms with Gasteiger partial charge in [-0.15, -0.1) is 45.3 Å². The first-order valence-corrected chi connectivity index (χ1v) is 21.7. The molecule has 0 saturated carbocycles. The van der Waals surface area contributed by atoms with Gasteiger partial charge < -0.3 is 4.57 Å². The third kappa shape index (κ3) is 6.66. The van der Waals surface area contributed by atoms with E-state index < -0.39 is 0 Å². The van der Waals surface area contributed by atoms with Crippen molar-refractivity contribution in [2.24, 2.45) is 0 Å². The summed E-state index contributed by atoms with van der Waals surface area (Å²) in [6.45, 7) is 6.84. The van der Waals surface area contributed by atoms with Crippen LogP contribution in [0, 0.1) is 6.92 Å². The molecule has 0 aliphatic carbocycles. The molecule has 254 valence electrons. The van der Waals surface area contributed by atoms with E-state index in [4.69, 9.17) is 0 Å². The zero-order valence-electron chi connectivity index (χ0n) is 29.4. The van der Waals surface area contributed by atoms with E-state index in [0.29, 0.717) is 0 Å². The molecule has 5 heterocycles. The maximum atomic E-state index is 2.56. The first-order chi connectivity index (χ1) is 24.6. The van der Waals surface area contributed by atoms with Crippen LogP contribution in [0.1, 0.15) is 81.2 Å². The van der Waals surface area contributed by atoms with Crippen LogP contribution >= 0.6 is 45.3 Å². The summed E-state index contributed by atoms with van der Waals surface area (Å²) in [5.41, 5.74) is 8.14. The molecule has 5 aromatic heterocycles. The van der Waals surface area contributed by atoms with Crippen molar-refractivity contribution in [2.45, 2.75) is 85.0 Å². The van der Waals surface area contributed by atoms with Crippen molar-refractivity contribution in [3.63, 3.8) is 0 Å². The second kappa shape index (κ2) is 15.0. The highest BCUT2D eigenvalue weighted by Crippen LogP contribution is 2.48. The summed E-state index contributed by atoms with van der Waals surface area (Å²) in [4.78, 5) is 8.66. The number of fused-ring (bicyclic) bond motifs is 4. The minimum absolute atomic E-state index is 1.14. The van der Waals surface area contributed by atoms with Crippen LogP contribution < -0.4 is 0 Å². The van der Waals surface area contributed by atoms with E-state index >= 15 is 0 Å². The Labute approximate surface area is 312 Å². The van der Waals surface area contributed by atoms with Gasteiger partial charge in [0, 0.05) is 55.1 Å². The molecule has 0 radical (unpaired) electrons. The van der Waals surface area contributed by atoms with E-state index in [2.05, 4.69) is 122 Å². The molecular formula is C45H45NS4. The molecule has 0 aliphatic heterocycles. The van der Waals surface area contributed by atoms with Crippen molar-refractivity contribution >= 4 is 76.6 Å². The van der Waals surface area contributed by atoms with E-state index in [9.17, 15) is 0 Å². The Balaban J connectivity index is 1.18. The lowest BCUT2D eigenvalue weighted by Crippen LogP contribution is -1.93. The lowest BCUT2D eigenvalue weighted by molar-refractivity contribution is 0.667. The largest absolute Gasteiger partial charge is 0.309 e. The zero-order chi connectivity index (χ0) is 34.0. The Bertz CT molecular complexity index is 2290. The number of nitrogens with zero attached hydrogens (tertiary/aromatic N) is 1. The Morgan fingerprint density at radius 1 is 0.500 bits per heavy atom. The van der Waals surface area contributed by atoms with Crippen molar-refractivity contribution < 1.29 is 0 Å². The predicted molar refractivity (Wildman–Crippen MR) is 227 cm³/mol. The van der Waals surface area contributed by atoms with Gasteiger partial charge in [-0.3, -0.25) is 0 Å². The number of hydrogen-bond donors (Lipinski definition) is 0. The monoisotopic (exact) mass is 727 g/mol. The van der Waals surface area contributed by atoms with Gasteiger partial charge in [0.05, 0.1) is 11.0 Å². The molecule has 0 N–H and O–H groups in total. The first-order valence-electron chi connectivity index (χ1n) is 18.5. The highest BCUT2D eigenvalue weighted by Gasteiger charge is 2.20. The number of hydrogen-bond acceptors (Lipinski definition) is 4. The quantitative estimate of drug-likeness (QED) is 0.0983. The first kappa shape index (κ1) is 33.7. The van der Waals surface area contributed by atoms with Crippen LogP contribution in [0.2, 0.25) is 0 Å². The van der Waals surface area contributed by atoms with Gasteiger partial charge >= 0.3 is 0 Å². The molecule has 8 rings (SSSR count). The third-order valence-electron chi connectivity index (χ3n) is 9.98. The van der Waals surface area contributed by atoms with Crippen molar-refractivity contribution in [2.75, 3.05) is 0 Å². The topological polar surface area (TPSA) is 4.93 Å². The average Bonchev–Trinajstić information content (AvgIpc) is 3.96. The Morgan fingerprint density at radius 3 is 1.70 bits per heavy atom. The summed E-state index contributed by atoms with van der Waals surface area (Å²) >= 11 is 7.94. The minimum Gasteiger partial charge on any atom is -0.309 e. The molecule has 0 atom stereocenters. The highest BCUT2D eigenvalue weighted by molar-refractivity contribution is 7.32. The van der Waals surface area contributed by atoms with Gasteiger partial charge in [0.25, 0.3) is 0 Å². The summed E-state index contributed by atoms with van der Waals surface area (Å²) in [7, 11) is 0. The molecule has 8 aromatic rings. The third-order valence-corrected chi connectivity index (χ3v) is 15.0. The number of aromatic nitrogens is 1. The smallest absolute Gasteiger partial charge is 0.0541 e. The molecule has 1 nitrogen and oxygen atoms in total. The van der Waals surface area contributed by atoms with Gasteiger partial charge in [0.1, 0.15) is 0 Å². The molecule has 3 aromatic carbocycles. The lowest BCUT2D eigenvalue weighted by atomic mass is 10.0. The Morgan fingerprint density at radius 2 is 1.06 bits per heavy atom. The molecule has 5 heteroatoms. The summed E-state index contributed by atoms with van der Waals surface area (Å²) in [6, 6.07) is 36.9. The summed E-state index contributed by atoms with van der Waals surface area (Å²) in [5, 5.41) is 2.62. The molecule has 0 spiro atoms. The van der Waals surface area contributed by atoms with E-state index in [1.54, 1.807) is 5.56 Å². The number of aryl methyl sites for hydroxylation is 3. The van der Waals surface area contributed by atoms with E-state index in [1.165, 1.54) is 129 Å². The average molecular weight is 728 g/mol.